The number of nitrogens with one attached hydrogen (secondary N) is 2. The number of hydrogen-bond acceptors (Lipinski definition) is 5. The zero-order valence-corrected chi connectivity index (χ0v) is 18.3. The van der Waals surface area contributed by atoms with Gasteiger partial charge in [0, 0.05) is 32.2 Å². The average Bonchev–Trinajstić information content (AvgIpc) is 3.11. The minimum atomic E-state index is -3.75. The summed E-state index contributed by atoms with van der Waals surface area (Å²) in [5, 5.41) is 0.229. The van der Waals surface area contributed by atoms with Crippen LogP contribution in [-0.4, -0.2) is 61.8 Å². The maximum Gasteiger partial charge on any atom is 0.244 e. The lowest BCUT2D eigenvalue weighted by atomic mass is 9.99. The van der Waals surface area contributed by atoms with Crippen LogP contribution in [-0.2, 0) is 14.8 Å². The van der Waals surface area contributed by atoms with Gasteiger partial charge in [0.1, 0.15) is 10.9 Å². The predicted octanol–water partition coefficient (Wildman–Crippen LogP) is 2.11. The summed E-state index contributed by atoms with van der Waals surface area (Å²) in [5.74, 6) is 0.566. The number of benzene rings is 1. The number of rotatable bonds is 5. The Morgan fingerprint density at radius 2 is 1.86 bits per heavy atom. The van der Waals surface area contributed by atoms with Crippen LogP contribution in [0.1, 0.15) is 26.7 Å². The molecular weight excluding hydrogens is 423 g/mol. The number of hydrazine groups is 1. The van der Waals surface area contributed by atoms with Crippen molar-refractivity contribution in [1.82, 2.24) is 20.1 Å². The topological polar surface area (TPSA) is 81.8 Å². The summed E-state index contributed by atoms with van der Waals surface area (Å²) in [4.78, 5) is 14.5. The molecule has 0 saturated carbocycles. The van der Waals surface area contributed by atoms with Gasteiger partial charge in [0.15, 0.2) is 0 Å². The Morgan fingerprint density at radius 3 is 2.50 bits per heavy atom. The van der Waals surface area contributed by atoms with Gasteiger partial charge in [0.25, 0.3) is 0 Å². The molecule has 3 rings (SSSR count). The fraction of sp³-hybridized carbons (Fsp3) is 0.611. The van der Waals surface area contributed by atoms with Crippen LogP contribution in [0.4, 0.5) is 0 Å². The molecule has 1 amide bonds. The van der Waals surface area contributed by atoms with E-state index in [4.69, 9.17) is 23.2 Å². The van der Waals surface area contributed by atoms with E-state index >= 15 is 0 Å². The second kappa shape index (κ2) is 8.85. The standard InChI is InChI=1S/C18H26Cl2N4O3S/c1-12(2)10-13-11-15(22-21-13)18(25)23-6-8-24(9-7-23)28(26,27)16-5-3-4-14(19)17(16)20/h3-5,12-13,15,21-22H,6-11H2,1-2H3. The van der Waals surface area contributed by atoms with Crippen LogP contribution in [0.25, 0.3) is 0 Å². The van der Waals surface area contributed by atoms with E-state index in [0.29, 0.717) is 19.0 Å². The summed E-state index contributed by atoms with van der Waals surface area (Å²) in [7, 11) is -3.75. The number of hydrogen-bond donors (Lipinski definition) is 2. The van der Waals surface area contributed by atoms with Crippen LogP contribution in [0.5, 0.6) is 0 Å². The fourth-order valence-electron chi connectivity index (χ4n) is 3.70. The molecule has 0 radical (unpaired) electrons. The third-order valence-corrected chi connectivity index (χ3v) is 7.99. The molecule has 2 N–H and O–H groups in total. The van der Waals surface area contributed by atoms with Crippen LogP contribution in [0.3, 0.4) is 0 Å². The van der Waals surface area contributed by atoms with Crippen molar-refractivity contribution in [1.29, 1.82) is 0 Å². The average molecular weight is 449 g/mol. The van der Waals surface area contributed by atoms with Crippen LogP contribution in [0.2, 0.25) is 10.0 Å². The van der Waals surface area contributed by atoms with Crippen molar-refractivity contribution in [2.45, 2.75) is 43.7 Å². The first-order valence-corrected chi connectivity index (χ1v) is 11.6. The van der Waals surface area contributed by atoms with E-state index in [2.05, 4.69) is 24.7 Å². The highest BCUT2D eigenvalue weighted by Gasteiger charge is 2.36. The molecule has 28 heavy (non-hydrogen) atoms. The van der Waals surface area contributed by atoms with Crippen molar-refractivity contribution in [3.8, 4) is 0 Å². The summed E-state index contributed by atoms with van der Waals surface area (Å²) in [6.07, 6.45) is 1.75. The minimum absolute atomic E-state index is 0.000343. The Bertz CT molecular complexity index is 826. The molecule has 10 heteroatoms. The molecular formula is C18H26Cl2N4O3S. The number of sulfonamides is 1. The van der Waals surface area contributed by atoms with E-state index in [0.717, 1.165) is 12.8 Å². The van der Waals surface area contributed by atoms with Crippen molar-refractivity contribution in [3.05, 3.63) is 28.2 Å². The second-order valence-corrected chi connectivity index (χ2v) is 10.4. The zero-order chi connectivity index (χ0) is 20.5. The first-order valence-electron chi connectivity index (χ1n) is 9.44. The Hall–Kier alpha value is -0.900. The highest BCUT2D eigenvalue weighted by Crippen LogP contribution is 2.31. The van der Waals surface area contributed by atoms with Crippen molar-refractivity contribution < 1.29 is 13.2 Å². The molecule has 2 heterocycles. The van der Waals surface area contributed by atoms with Gasteiger partial charge >= 0.3 is 0 Å². The maximum absolute atomic E-state index is 12.9. The molecule has 2 atom stereocenters. The van der Waals surface area contributed by atoms with E-state index in [1.165, 1.54) is 10.4 Å². The zero-order valence-electron chi connectivity index (χ0n) is 16.0. The van der Waals surface area contributed by atoms with Gasteiger partial charge in [-0.3, -0.25) is 10.2 Å². The molecule has 2 unspecified atom stereocenters. The molecule has 0 aliphatic carbocycles. The summed E-state index contributed by atoms with van der Waals surface area (Å²) < 4.78 is 27.1. The van der Waals surface area contributed by atoms with Gasteiger partial charge in [-0.25, -0.2) is 13.8 Å². The highest BCUT2D eigenvalue weighted by atomic mass is 35.5. The Kier molecular flexibility index (Phi) is 6.89. The molecule has 0 spiro atoms. The summed E-state index contributed by atoms with van der Waals surface area (Å²) in [6, 6.07) is 4.57. The van der Waals surface area contributed by atoms with Crippen LogP contribution >= 0.6 is 23.2 Å². The smallest absolute Gasteiger partial charge is 0.244 e. The number of piperazine rings is 1. The Balaban J connectivity index is 1.60. The van der Waals surface area contributed by atoms with Crippen molar-refractivity contribution in [2.75, 3.05) is 26.2 Å². The summed E-state index contributed by atoms with van der Waals surface area (Å²) in [6.45, 7) is 5.47. The molecule has 1 aromatic carbocycles. The molecule has 156 valence electrons. The highest BCUT2D eigenvalue weighted by molar-refractivity contribution is 7.89. The summed E-state index contributed by atoms with van der Waals surface area (Å²) >= 11 is 12.1. The summed E-state index contributed by atoms with van der Waals surface area (Å²) in [5.41, 5.74) is 6.28. The first kappa shape index (κ1) is 21.8. The third kappa shape index (κ3) is 4.63. The lowest BCUT2D eigenvalue weighted by Crippen LogP contribution is -2.54. The monoisotopic (exact) mass is 448 g/mol. The molecule has 2 aliphatic rings. The lowest BCUT2D eigenvalue weighted by molar-refractivity contribution is -0.134. The molecule has 2 saturated heterocycles. The minimum Gasteiger partial charge on any atom is -0.339 e. The molecule has 7 nitrogen and oxygen atoms in total. The number of nitrogens with zero attached hydrogens (tertiary/aromatic N) is 2. The third-order valence-electron chi connectivity index (χ3n) is 5.12. The van der Waals surface area contributed by atoms with Gasteiger partial charge in [0.05, 0.1) is 10.0 Å². The lowest BCUT2D eigenvalue weighted by Gasteiger charge is -2.35. The molecule has 1 aromatic rings. The van der Waals surface area contributed by atoms with E-state index in [1.807, 2.05) is 0 Å². The van der Waals surface area contributed by atoms with Crippen LogP contribution in [0, 0.1) is 5.92 Å². The van der Waals surface area contributed by atoms with Gasteiger partial charge < -0.3 is 4.90 Å². The SMILES string of the molecule is CC(C)CC1CC(C(=O)N2CCN(S(=O)(=O)c3cccc(Cl)c3Cl)CC2)NN1. The maximum atomic E-state index is 12.9. The van der Waals surface area contributed by atoms with Crippen molar-refractivity contribution >= 4 is 39.1 Å². The number of amides is 1. The normalized spacial score (nSPS) is 24.1. The number of carbonyl (C=O) groups excluding carboxylic acids is 1. The predicted molar refractivity (Wildman–Crippen MR) is 110 cm³/mol. The molecule has 2 aliphatic heterocycles. The molecule has 0 aromatic heterocycles. The fourth-order valence-corrected chi connectivity index (χ4v) is 5.86. The van der Waals surface area contributed by atoms with Crippen LogP contribution < -0.4 is 10.9 Å². The van der Waals surface area contributed by atoms with E-state index in [9.17, 15) is 13.2 Å². The molecule has 2 fully saturated rings. The first-order chi connectivity index (χ1) is 13.2. The quantitative estimate of drug-likeness (QED) is 0.720. The largest absolute Gasteiger partial charge is 0.339 e. The van der Waals surface area contributed by atoms with E-state index < -0.39 is 10.0 Å². The van der Waals surface area contributed by atoms with Gasteiger partial charge in [-0.15, -0.1) is 0 Å². The van der Waals surface area contributed by atoms with Crippen molar-refractivity contribution in [2.24, 2.45) is 5.92 Å². The number of carbonyl (C=O) groups is 1. The van der Waals surface area contributed by atoms with Gasteiger partial charge in [-0.05, 0) is 30.9 Å². The Morgan fingerprint density at radius 1 is 1.18 bits per heavy atom. The molecule has 0 bridgehead atoms. The van der Waals surface area contributed by atoms with Crippen LogP contribution in [0.15, 0.2) is 23.1 Å². The van der Waals surface area contributed by atoms with Crippen molar-refractivity contribution in [3.63, 3.8) is 0 Å². The number of halogens is 2. The second-order valence-electron chi connectivity index (χ2n) is 7.68. The Labute approximate surface area is 176 Å². The van der Waals surface area contributed by atoms with Gasteiger partial charge in [0.2, 0.25) is 15.9 Å². The van der Waals surface area contributed by atoms with Gasteiger partial charge in [-0.1, -0.05) is 43.1 Å². The van der Waals surface area contributed by atoms with E-state index in [1.54, 1.807) is 17.0 Å². The van der Waals surface area contributed by atoms with Gasteiger partial charge in [-0.2, -0.15) is 4.31 Å². The van der Waals surface area contributed by atoms with E-state index in [-0.39, 0.29) is 46.0 Å².